The quantitative estimate of drug-likeness (QED) is 0.151. The maximum absolute atomic E-state index is 15.7. The van der Waals surface area contributed by atoms with E-state index in [1.807, 2.05) is 13.0 Å². The van der Waals surface area contributed by atoms with Crippen LogP contribution in [-0.4, -0.2) is 38.0 Å². The molecule has 1 aliphatic rings. The van der Waals surface area contributed by atoms with E-state index in [2.05, 4.69) is 0 Å². The third kappa shape index (κ3) is 6.46. The van der Waals surface area contributed by atoms with Crippen LogP contribution in [0.1, 0.15) is 47.0 Å². The van der Waals surface area contributed by atoms with Crippen LogP contribution in [0.15, 0.2) is 64.6 Å². The first-order valence-electron chi connectivity index (χ1n) is 12.0. The zero-order chi connectivity index (χ0) is 27.4. The van der Waals surface area contributed by atoms with E-state index >= 15 is 8.78 Å². The fraction of sp³-hybridized carbons (Fsp3) is 0.444. The standard InChI is InChI=1S/C27H33F2NO5S2/c1-6-7-11-19-18-30(20-12-9-8-10-13-20)21-16-23(36-5)22(17-24(21)37(32,33)27(19,28)29)34-15-14-25(31)35-26(2,3)4/h8-10,12-17,19H,6-7,11,18H2,1-5H3/b15-14+. The molecule has 1 heterocycles. The van der Waals surface area contributed by atoms with Crippen molar-refractivity contribution in [3.05, 3.63) is 54.8 Å². The zero-order valence-electron chi connectivity index (χ0n) is 21.7. The summed E-state index contributed by atoms with van der Waals surface area (Å²) >= 11 is 1.27. The minimum absolute atomic E-state index is 0.0467. The number of nitrogens with zero attached hydrogens (tertiary/aromatic N) is 1. The SMILES string of the molecule is CCCCC1CN(c2ccccc2)c2cc(SC)c(O/C=C/C(=O)OC(C)(C)C)cc2S(=O)(=O)C1(F)F. The van der Waals surface area contributed by atoms with E-state index in [4.69, 9.17) is 9.47 Å². The summed E-state index contributed by atoms with van der Waals surface area (Å²) in [6, 6.07) is 11.6. The lowest BCUT2D eigenvalue weighted by Gasteiger charge is -2.29. The molecule has 10 heteroatoms. The number of ether oxygens (including phenoxy) is 2. The van der Waals surface area contributed by atoms with Crippen LogP contribution in [0.4, 0.5) is 20.2 Å². The Bertz CT molecular complexity index is 1240. The Morgan fingerprint density at radius 2 is 1.89 bits per heavy atom. The number of hydrogen-bond donors (Lipinski definition) is 0. The summed E-state index contributed by atoms with van der Waals surface area (Å²) in [6.45, 7) is 6.88. The molecular formula is C27H33F2NO5S2. The van der Waals surface area contributed by atoms with Gasteiger partial charge in [-0.2, -0.15) is 8.78 Å². The van der Waals surface area contributed by atoms with Crippen LogP contribution in [0.3, 0.4) is 0 Å². The number of sulfone groups is 1. The number of halogens is 2. The number of alkyl halides is 2. The van der Waals surface area contributed by atoms with Gasteiger partial charge in [-0.05, 0) is 51.6 Å². The zero-order valence-corrected chi connectivity index (χ0v) is 23.3. The molecule has 0 radical (unpaired) electrons. The van der Waals surface area contributed by atoms with E-state index in [-0.39, 0.29) is 24.4 Å². The van der Waals surface area contributed by atoms with Gasteiger partial charge in [0, 0.05) is 18.3 Å². The van der Waals surface area contributed by atoms with Crippen LogP contribution in [0, 0.1) is 5.92 Å². The molecule has 2 aromatic carbocycles. The fourth-order valence-electron chi connectivity index (χ4n) is 4.06. The molecule has 3 rings (SSSR count). The van der Waals surface area contributed by atoms with Gasteiger partial charge in [-0.1, -0.05) is 38.0 Å². The summed E-state index contributed by atoms with van der Waals surface area (Å²) in [7, 11) is -5.07. The molecule has 37 heavy (non-hydrogen) atoms. The number of benzene rings is 2. The molecule has 0 fully saturated rings. The first-order valence-corrected chi connectivity index (χ1v) is 14.8. The summed E-state index contributed by atoms with van der Waals surface area (Å²) in [5.74, 6) is -2.01. The van der Waals surface area contributed by atoms with E-state index in [1.54, 1.807) is 62.3 Å². The maximum atomic E-state index is 15.7. The number of hydrogen-bond acceptors (Lipinski definition) is 7. The van der Waals surface area contributed by atoms with Gasteiger partial charge in [0.15, 0.2) is 0 Å². The Morgan fingerprint density at radius 3 is 2.49 bits per heavy atom. The van der Waals surface area contributed by atoms with Gasteiger partial charge in [-0.3, -0.25) is 0 Å². The minimum Gasteiger partial charge on any atom is -0.464 e. The Labute approximate surface area is 221 Å². The van der Waals surface area contributed by atoms with E-state index in [9.17, 15) is 13.2 Å². The maximum Gasteiger partial charge on any atom is 0.354 e. The molecule has 202 valence electrons. The molecule has 0 saturated carbocycles. The highest BCUT2D eigenvalue weighted by Gasteiger charge is 2.56. The van der Waals surface area contributed by atoms with Gasteiger partial charge in [-0.25, -0.2) is 13.2 Å². The van der Waals surface area contributed by atoms with Gasteiger partial charge in [0.1, 0.15) is 16.2 Å². The first-order chi connectivity index (χ1) is 17.3. The van der Waals surface area contributed by atoms with Crippen molar-refractivity contribution in [2.24, 2.45) is 5.92 Å². The molecule has 6 nitrogen and oxygen atoms in total. The summed E-state index contributed by atoms with van der Waals surface area (Å²) < 4.78 is 69.1. The summed E-state index contributed by atoms with van der Waals surface area (Å²) in [6.07, 6.45) is 5.11. The summed E-state index contributed by atoms with van der Waals surface area (Å²) in [5.41, 5.74) is 0.0755. The van der Waals surface area contributed by atoms with E-state index < -0.39 is 37.5 Å². The minimum atomic E-state index is -5.07. The average molecular weight is 554 g/mol. The van der Waals surface area contributed by atoms with Crippen molar-refractivity contribution >= 4 is 38.9 Å². The second-order valence-electron chi connectivity index (χ2n) is 9.78. The highest BCUT2D eigenvalue weighted by atomic mass is 32.2. The number of rotatable bonds is 8. The molecule has 1 aliphatic heterocycles. The number of carbonyl (C=O) groups excluding carboxylic acids is 1. The molecule has 0 spiro atoms. The van der Waals surface area contributed by atoms with Gasteiger partial charge in [-0.15, -0.1) is 11.8 Å². The average Bonchev–Trinajstić information content (AvgIpc) is 2.88. The number of esters is 1. The van der Waals surface area contributed by atoms with Crippen molar-refractivity contribution in [2.45, 2.75) is 67.6 Å². The fourth-order valence-corrected chi connectivity index (χ4v) is 6.23. The highest BCUT2D eigenvalue weighted by molar-refractivity contribution is 7.98. The van der Waals surface area contributed by atoms with E-state index in [0.717, 1.165) is 18.4 Å². The number of para-hydroxylation sites is 1. The van der Waals surface area contributed by atoms with Crippen molar-refractivity contribution in [2.75, 3.05) is 17.7 Å². The molecule has 1 unspecified atom stereocenters. The van der Waals surface area contributed by atoms with Gasteiger partial charge in [0.05, 0.1) is 28.8 Å². The van der Waals surface area contributed by atoms with Gasteiger partial charge in [0.2, 0.25) is 9.84 Å². The third-order valence-corrected chi connectivity index (χ3v) is 8.56. The molecule has 0 N–H and O–H groups in total. The molecule has 0 saturated heterocycles. The largest absolute Gasteiger partial charge is 0.464 e. The van der Waals surface area contributed by atoms with Crippen molar-refractivity contribution < 1.29 is 31.5 Å². The van der Waals surface area contributed by atoms with Crippen LogP contribution >= 0.6 is 11.8 Å². The molecule has 1 atom stereocenters. The molecule has 0 aliphatic carbocycles. The van der Waals surface area contributed by atoms with Crippen molar-refractivity contribution in [1.82, 2.24) is 0 Å². The molecular weight excluding hydrogens is 520 g/mol. The van der Waals surface area contributed by atoms with Crippen molar-refractivity contribution in [3.8, 4) is 5.75 Å². The predicted octanol–water partition coefficient (Wildman–Crippen LogP) is 6.97. The summed E-state index contributed by atoms with van der Waals surface area (Å²) in [4.78, 5) is 13.7. The van der Waals surface area contributed by atoms with Crippen LogP contribution in [0.5, 0.6) is 5.75 Å². The molecule has 0 aromatic heterocycles. The monoisotopic (exact) mass is 553 g/mol. The first kappa shape index (κ1) is 29.0. The van der Waals surface area contributed by atoms with Gasteiger partial charge < -0.3 is 14.4 Å². The van der Waals surface area contributed by atoms with E-state index in [0.29, 0.717) is 23.4 Å². The lowest BCUT2D eigenvalue weighted by atomic mass is 10.0. The molecule has 0 bridgehead atoms. The Hall–Kier alpha value is -2.59. The second kappa shape index (κ2) is 11.4. The third-order valence-electron chi connectivity index (χ3n) is 5.84. The number of carbonyl (C=O) groups is 1. The summed E-state index contributed by atoms with van der Waals surface area (Å²) in [5, 5.41) is -3.98. The normalized spacial score (nSPS) is 18.8. The Balaban J connectivity index is 2.14. The lowest BCUT2D eigenvalue weighted by Crippen LogP contribution is -2.40. The second-order valence-corrected chi connectivity index (χ2v) is 12.6. The van der Waals surface area contributed by atoms with Crippen LogP contribution in [0.25, 0.3) is 0 Å². The number of unbranched alkanes of at least 4 members (excludes halogenated alkanes) is 1. The predicted molar refractivity (Wildman–Crippen MR) is 142 cm³/mol. The topological polar surface area (TPSA) is 72.9 Å². The highest BCUT2D eigenvalue weighted by Crippen LogP contribution is 2.49. The van der Waals surface area contributed by atoms with E-state index in [1.165, 1.54) is 11.8 Å². The Morgan fingerprint density at radius 1 is 1.22 bits per heavy atom. The van der Waals surface area contributed by atoms with Crippen LogP contribution in [0.2, 0.25) is 0 Å². The van der Waals surface area contributed by atoms with Crippen LogP contribution in [-0.2, 0) is 19.4 Å². The molecule has 2 aromatic rings. The van der Waals surface area contributed by atoms with Gasteiger partial charge >= 0.3 is 11.2 Å². The van der Waals surface area contributed by atoms with Crippen LogP contribution < -0.4 is 9.64 Å². The lowest BCUT2D eigenvalue weighted by molar-refractivity contribution is -0.148. The Kier molecular flexibility index (Phi) is 8.95. The van der Waals surface area contributed by atoms with Gasteiger partial charge in [0.25, 0.3) is 0 Å². The number of thioether (sulfide) groups is 1. The number of fused-ring (bicyclic) bond motifs is 1. The molecule has 0 amide bonds. The number of anilines is 2. The smallest absolute Gasteiger partial charge is 0.354 e. The van der Waals surface area contributed by atoms with Crippen molar-refractivity contribution in [1.29, 1.82) is 0 Å². The van der Waals surface area contributed by atoms with Crippen molar-refractivity contribution in [3.63, 3.8) is 0 Å².